The van der Waals surface area contributed by atoms with Crippen LogP contribution in [0.3, 0.4) is 0 Å². The second-order valence-electron chi connectivity index (χ2n) is 4.86. The Labute approximate surface area is 106 Å². The molecule has 3 nitrogen and oxygen atoms in total. The molecule has 17 heavy (non-hydrogen) atoms. The zero-order chi connectivity index (χ0) is 13.1. The number of carbonyl (C=O) groups excluding carboxylic acids is 1. The number of ether oxygens (including phenoxy) is 1. The maximum atomic E-state index is 11.6. The summed E-state index contributed by atoms with van der Waals surface area (Å²) in [5, 5.41) is 10.2. The molecule has 4 heteroatoms. The van der Waals surface area contributed by atoms with Crippen molar-refractivity contribution in [3.63, 3.8) is 0 Å². The molecule has 0 heterocycles. The highest BCUT2D eigenvalue weighted by atomic mass is 35.5. The van der Waals surface area contributed by atoms with Crippen LogP contribution in [0.15, 0.2) is 24.3 Å². The third kappa shape index (κ3) is 4.11. The molecule has 1 aromatic rings. The van der Waals surface area contributed by atoms with Crippen molar-refractivity contribution in [2.75, 3.05) is 6.61 Å². The molecule has 0 bridgehead atoms. The molecule has 0 aliphatic carbocycles. The van der Waals surface area contributed by atoms with Gasteiger partial charge in [-0.2, -0.15) is 0 Å². The largest absolute Gasteiger partial charge is 0.364 e. The van der Waals surface area contributed by atoms with E-state index >= 15 is 0 Å². The highest BCUT2D eigenvalue weighted by Gasteiger charge is 2.22. The predicted molar refractivity (Wildman–Crippen MR) is 66.8 cm³/mol. The van der Waals surface area contributed by atoms with Crippen LogP contribution >= 0.6 is 11.6 Å². The van der Waals surface area contributed by atoms with Gasteiger partial charge in [-0.05, 0) is 6.07 Å². The molecule has 0 radical (unpaired) electrons. The first-order chi connectivity index (χ1) is 7.82. The first-order valence-corrected chi connectivity index (χ1v) is 5.77. The van der Waals surface area contributed by atoms with Crippen molar-refractivity contribution < 1.29 is 14.6 Å². The van der Waals surface area contributed by atoms with Gasteiger partial charge in [0.1, 0.15) is 6.61 Å². The van der Waals surface area contributed by atoms with Crippen molar-refractivity contribution in [3.05, 3.63) is 34.9 Å². The van der Waals surface area contributed by atoms with Crippen molar-refractivity contribution in [2.45, 2.75) is 27.1 Å². The van der Waals surface area contributed by atoms with Gasteiger partial charge in [-0.3, -0.25) is 4.79 Å². The molecule has 0 aliphatic heterocycles. The zero-order valence-electron chi connectivity index (χ0n) is 10.2. The van der Waals surface area contributed by atoms with Crippen LogP contribution in [0.5, 0.6) is 0 Å². The van der Waals surface area contributed by atoms with Gasteiger partial charge in [0.25, 0.3) is 0 Å². The number of rotatable bonds is 4. The van der Waals surface area contributed by atoms with E-state index in [1.54, 1.807) is 45.0 Å². The second kappa shape index (κ2) is 5.63. The predicted octanol–water partition coefficient (Wildman–Crippen LogP) is 2.96. The number of aliphatic hydroxyl groups is 1. The minimum Gasteiger partial charge on any atom is -0.364 e. The van der Waals surface area contributed by atoms with Crippen molar-refractivity contribution in [2.24, 2.45) is 5.41 Å². The quantitative estimate of drug-likeness (QED) is 0.843. The fourth-order valence-electron chi connectivity index (χ4n) is 1.14. The number of carbonyl (C=O) groups is 1. The molecule has 0 saturated heterocycles. The Balaban J connectivity index is 2.60. The molecule has 0 saturated carbocycles. The fraction of sp³-hybridized carbons (Fsp3) is 0.462. The summed E-state index contributed by atoms with van der Waals surface area (Å²) in [4.78, 5) is 11.6. The molecule has 0 aliphatic rings. The lowest BCUT2D eigenvalue weighted by Crippen LogP contribution is -2.25. The van der Waals surface area contributed by atoms with Gasteiger partial charge in [-0.1, -0.05) is 50.6 Å². The van der Waals surface area contributed by atoms with Crippen molar-refractivity contribution >= 4 is 17.4 Å². The van der Waals surface area contributed by atoms with Gasteiger partial charge in [0, 0.05) is 16.0 Å². The first-order valence-electron chi connectivity index (χ1n) is 5.40. The summed E-state index contributed by atoms with van der Waals surface area (Å²) in [5.74, 6) is -0.0661. The molecule has 0 amide bonds. The molecule has 0 fully saturated rings. The molecular weight excluding hydrogens is 240 g/mol. The molecule has 1 rings (SSSR count). The highest BCUT2D eigenvalue weighted by Crippen LogP contribution is 2.24. The fourth-order valence-corrected chi connectivity index (χ4v) is 1.37. The van der Waals surface area contributed by atoms with Crippen LogP contribution in [-0.2, 0) is 9.53 Å². The number of Topliss-reactive ketones (excluding diaryl/α,β-unsaturated/α-hetero) is 1. The topological polar surface area (TPSA) is 46.5 Å². The standard InChI is InChI=1S/C13H17ClO3/c1-13(2,3)11(15)8-17-12(16)9-6-4-5-7-10(9)14/h4-7,12,16H,8H2,1-3H3/t12-/m0/s1. The lowest BCUT2D eigenvalue weighted by molar-refractivity contribution is -0.147. The minimum absolute atomic E-state index is 0.0661. The van der Waals surface area contributed by atoms with E-state index in [0.717, 1.165) is 0 Å². The summed E-state index contributed by atoms with van der Waals surface area (Å²) in [5.41, 5.74) is -0.00362. The van der Waals surface area contributed by atoms with Crippen LogP contribution < -0.4 is 0 Å². The normalized spacial score (nSPS) is 13.5. The van der Waals surface area contributed by atoms with Crippen molar-refractivity contribution in [3.8, 4) is 0 Å². The van der Waals surface area contributed by atoms with E-state index in [0.29, 0.717) is 10.6 Å². The lowest BCUT2D eigenvalue weighted by atomic mass is 9.91. The van der Waals surface area contributed by atoms with Crippen molar-refractivity contribution in [1.29, 1.82) is 0 Å². The van der Waals surface area contributed by atoms with E-state index in [1.807, 2.05) is 0 Å². The number of hydrogen-bond acceptors (Lipinski definition) is 3. The van der Waals surface area contributed by atoms with Crippen LogP contribution in [0.4, 0.5) is 0 Å². The van der Waals surface area contributed by atoms with Crippen LogP contribution in [0.2, 0.25) is 5.02 Å². The Kier molecular flexibility index (Phi) is 4.69. The van der Waals surface area contributed by atoms with E-state index in [1.165, 1.54) is 0 Å². The maximum Gasteiger partial charge on any atom is 0.183 e. The van der Waals surface area contributed by atoms with E-state index < -0.39 is 11.7 Å². The summed E-state index contributed by atoms with van der Waals surface area (Å²) in [6.45, 7) is 5.29. The molecular formula is C13H17ClO3. The average molecular weight is 257 g/mol. The first kappa shape index (κ1) is 14.2. The summed E-state index contributed by atoms with van der Waals surface area (Å²) in [6, 6.07) is 6.84. The Morgan fingerprint density at radius 2 is 2.00 bits per heavy atom. The van der Waals surface area contributed by atoms with Crippen molar-refractivity contribution in [1.82, 2.24) is 0 Å². The molecule has 0 aromatic heterocycles. The lowest BCUT2D eigenvalue weighted by Gasteiger charge is -2.19. The smallest absolute Gasteiger partial charge is 0.183 e. The monoisotopic (exact) mass is 256 g/mol. The Hall–Kier alpha value is -0.900. The van der Waals surface area contributed by atoms with Gasteiger partial charge >= 0.3 is 0 Å². The number of halogens is 1. The number of benzene rings is 1. The number of aliphatic hydroxyl groups excluding tert-OH is 1. The number of hydrogen-bond donors (Lipinski definition) is 1. The molecule has 1 N–H and O–H groups in total. The molecule has 0 unspecified atom stereocenters. The van der Waals surface area contributed by atoms with Crippen LogP contribution in [0, 0.1) is 5.41 Å². The van der Waals surface area contributed by atoms with Gasteiger partial charge in [-0.25, -0.2) is 0 Å². The van der Waals surface area contributed by atoms with Gasteiger partial charge in [0.15, 0.2) is 12.1 Å². The van der Waals surface area contributed by atoms with Crippen LogP contribution in [0.25, 0.3) is 0 Å². The Bertz CT molecular complexity index is 396. The van der Waals surface area contributed by atoms with E-state index in [2.05, 4.69) is 0 Å². The second-order valence-corrected chi connectivity index (χ2v) is 5.27. The van der Waals surface area contributed by atoms with Crippen LogP contribution in [0.1, 0.15) is 32.6 Å². The van der Waals surface area contributed by atoms with Gasteiger partial charge in [0.05, 0.1) is 0 Å². The third-order valence-corrected chi connectivity index (χ3v) is 2.72. The average Bonchev–Trinajstić information content (AvgIpc) is 2.24. The van der Waals surface area contributed by atoms with E-state index in [9.17, 15) is 9.90 Å². The van der Waals surface area contributed by atoms with Crippen LogP contribution in [-0.4, -0.2) is 17.5 Å². The summed E-state index contributed by atoms with van der Waals surface area (Å²) < 4.78 is 5.12. The summed E-state index contributed by atoms with van der Waals surface area (Å²) >= 11 is 5.90. The molecule has 94 valence electrons. The Morgan fingerprint density at radius 3 is 2.53 bits per heavy atom. The van der Waals surface area contributed by atoms with Gasteiger partial charge < -0.3 is 9.84 Å². The summed E-state index contributed by atoms with van der Waals surface area (Å²) in [6.07, 6.45) is -1.17. The third-order valence-electron chi connectivity index (χ3n) is 2.38. The van der Waals surface area contributed by atoms with Gasteiger partial charge in [-0.15, -0.1) is 0 Å². The molecule has 0 spiro atoms. The van der Waals surface area contributed by atoms with E-state index in [-0.39, 0.29) is 12.4 Å². The SMILES string of the molecule is CC(C)(C)C(=O)CO[C@H](O)c1ccccc1Cl. The van der Waals surface area contributed by atoms with Gasteiger partial charge in [0.2, 0.25) is 0 Å². The summed E-state index contributed by atoms with van der Waals surface area (Å²) in [7, 11) is 0. The maximum absolute atomic E-state index is 11.6. The molecule has 1 atom stereocenters. The number of ketones is 1. The highest BCUT2D eigenvalue weighted by molar-refractivity contribution is 6.31. The Morgan fingerprint density at radius 1 is 1.41 bits per heavy atom. The molecule has 1 aromatic carbocycles. The minimum atomic E-state index is -1.17. The zero-order valence-corrected chi connectivity index (χ0v) is 11.0. The van der Waals surface area contributed by atoms with E-state index in [4.69, 9.17) is 16.3 Å².